The predicted molar refractivity (Wildman–Crippen MR) is 117 cm³/mol. The fourth-order valence-corrected chi connectivity index (χ4v) is 4.54. The number of rotatable bonds is 7. The highest BCUT2D eigenvalue weighted by atomic mass is 35.5. The van der Waals surface area contributed by atoms with E-state index in [4.69, 9.17) is 21.4 Å². The summed E-state index contributed by atoms with van der Waals surface area (Å²) >= 11 is 7.49. The van der Waals surface area contributed by atoms with E-state index in [9.17, 15) is 0 Å². The van der Waals surface area contributed by atoms with E-state index in [1.54, 1.807) is 23.9 Å². The number of hydrogen-bond donors (Lipinski definition) is 1. The van der Waals surface area contributed by atoms with Gasteiger partial charge in [0.2, 0.25) is 5.16 Å². The van der Waals surface area contributed by atoms with Gasteiger partial charge in [-0.05, 0) is 61.2 Å². The SMILES string of the molecule is Clc1ccc(OCc2nc(SCc3nn(-c4ccccc4)c4c3CCC4)n[nH]2)cc1. The molecule has 0 atom stereocenters. The Morgan fingerprint density at radius 2 is 1.90 bits per heavy atom. The molecule has 0 radical (unpaired) electrons. The average Bonchev–Trinajstić information content (AvgIpc) is 3.50. The van der Waals surface area contributed by atoms with Gasteiger partial charge in [-0.1, -0.05) is 41.6 Å². The molecule has 1 N–H and O–H groups in total. The van der Waals surface area contributed by atoms with Gasteiger partial charge < -0.3 is 4.74 Å². The summed E-state index contributed by atoms with van der Waals surface area (Å²) in [5.41, 5.74) is 4.96. The number of fused-ring (bicyclic) bond motifs is 1. The van der Waals surface area contributed by atoms with E-state index in [1.807, 2.05) is 30.3 Å². The zero-order chi connectivity index (χ0) is 20.3. The summed E-state index contributed by atoms with van der Waals surface area (Å²) in [5.74, 6) is 2.18. The van der Waals surface area contributed by atoms with Crippen LogP contribution in [0.1, 0.15) is 29.2 Å². The third-order valence-corrected chi connectivity index (χ3v) is 6.16. The number of aromatic amines is 1. The fourth-order valence-electron chi connectivity index (χ4n) is 3.63. The number of nitrogens with zero attached hydrogens (tertiary/aromatic N) is 4. The molecule has 2 heterocycles. The molecule has 0 aliphatic heterocycles. The number of halogens is 1. The fraction of sp³-hybridized carbons (Fsp3) is 0.227. The van der Waals surface area contributed by atoms with Gasteiger partial charge in [-0.3, -0.25) is 5.10 Å². The Hall–Kier alpha value is -2.77. The molecule has 30 heavy (non-hydrogen) atoms. The molecule has 5 rings (SSSR count). The van der Waals surface area contributed by atoms with Gasteiger partial charge in [-0.15, -0.1) is 5.10 Å². The van der Waals surface area contributed by atoms with Crippen molar-refractivity contribution in [3.63, 3.8) is 0 Å². The van der Waals surface area contributed by atoms with E-state index in [0.29, 0.717) is 22.6 Å². The van der Waals surface area contributed by atoms with E-state index < -0.39 is 0 Å². The number of thioether (sulfide) groups is 1. The van der Waals surface area contributed by atoms with Crippen molar-refractivity contribution >= 4 is 23.4 Å². The number of nitrogens with one attached hydrogen (secondary N) is 1. The van der Waals surface area contributed by atoms with Gasteiger partial charge in [0.15, 0.2) is 5.82 Å². The Bertz CT molecular complexity index is 1140. The van der Waals surface area contributed by atoms with Gasteiger partial charge >= 0.3 is 0 Å². The molecule has 0 saturated heterocycles. The van der Waals surface area contributed by atoms with Gasteiger partial charge in [0.25, 0.3) is 0 Å². The highest BCUT2D eigenvalue weighted by Crippen LogP contribution is 2.31. The van der Waals surface area contributed by atoms with Crippen molar-refractivity contribution in [3.05, 3.63) is 82.4 Å². The molecule has 0 amide bonds. The van der Waals surface area contributed by atoms with Crippen LogP contribution in [0.2, 0.25) is 5.02 Å². The number of H-pyrrole nitrogens is 1. The van der Waals surface area contributed by atoms with Crippen LogP contribution in [0, 0.1) is 0 Å². The smallest absolute Gasteiger partial charge is 0.208 e. The lowest BCUT2D eigenvalue weighted by atomic mass is 10.2. The molecule has 0 unspecified atom stereocenters. The minimum Gasteiger partial charge on any atom is -0.486 e. The van der Waals surface area contributed by atoms with E-state index in [2.05, 4.69) is 32.0 Å². The lowest BCUT2D eigenvalue weighted by Crippen LogP contribution is -2.01. The van der Waals surface area contributed by atoms with Crippen LogP contribution < -0.4 is 4.74 Å². The highest BCUT2D eigenvalue weighted by molar-refractivity contribution is 7.98. The van der Waals surface area contributed by atoms with Crippen molar-refractivity contribution in [1.29, 1.82) is 0 Å². The molecule has 0 bridgehead atoms. The van der Waals surface area contributed by atoms with Crippen molar-refractivity contribution in [2.45, 2.75) is 36.8 Å². The minimum atomic E-state index is 0.327. The quantitative estimate of drug-likeness (QED) is 0.412. The molecule has 0 fully saturated rings. The Morgan fingerprint density at radius 3 is 2.73 bits per heavy atom. The van der Waals surface area contributed by atoms with Crippen molar-refractivity contribution in [3.8, 4) is 11.4 Å². The maximum Gasteiger partial charge on any atom is 0.208 e. The van der Waals surface area contributed by atoms with Crippen molar-refractivity contribution < 1.29 is 4.74 Å². The molecule has 4 aromatic rings. The molecule has 8 heteroatoms. The zero-order valence-electron chi connectivity index (χ0n) is 16.2. The second-order valence-electron chi connectivity index (χ2n) is 7.07. The Morgan fingerprint density at radius 1 is 1.07 bits per heavy atom. The molecular weight excluding hydrogens is 418 g/mol. The monoisotopic (exact) mass is 437 g/mol. The summed E-state index contributed by atoms with van der Waals surface area (Å²) in [6.07, 6.45) is 3.35. The molecule has 0 spiro atoms. The van der Waals surface area contributed by atoms with Crippen molar-refractivity contribution in [1.82, 2.24) is 25.0 Å². The van der Waals surface area contributed by atoms with Crippen LogP contribution in [-0.4, -0.2) is 25.0 Å². The molecule has 0 saturated carbocycles. The van der Waals surface area contributed by atoms with Crippen LogP contribution >= 0.6 is 23.4 Å². The van der Waals surface area contributed by atoms with Crippen molar-refractivity contribution in [2.75, 3.05) is 0 Å². The lowest BCUT2D eigenvalue weighted by Gasteiger charge is -2.04. The van der Waals surface area contributed by atoms with E-state index >= 15 is 0 Å². The molecule has 152 valence electrons. The van der Waals surface area contributed by atoms with Gasteiger partial charge in [0, 0.05) is 16.5 Å². The third-order valence-electron chi connectivity index (χ3n) is 5.05. The van der Waals surface area contributed by atoms with E-state index in [-0.39, 0.29) is 0 Å². The summed E-state index contributed by atoms with van der Waals surface area (Å²) in [6, 6.07) is 17.6. The topological polar surface area (TPSA) is 68.6 Å². The summed E-state index contributed by atoms with van der Waals surface area (Å²) in [7, 11) is 0. The number of aromatic nitrogens is 5. The molecule has 2 aromatic carbocycles. The standard InChI is InChI=1S/C22H20ClN5OS/c23-15-9-11-17(12-10-15)29-13-21-24-22(26-25-21)30-14-19-18-7-4-8-20(18)28(27-19)16-5-2-1-3-6-16/h1-3,5-6,9-12H,4,7-8,13-14H2,(H,24,25,26). The average molecular weight is 438 g/mol. The summed E-state index contributed by atoms with van der Waals surface area (Å²) in [5, 5.41) is 13.5. The second kappa shape index (κ2) is 8.53. The van der Waals surface area contributed by atoms with Gasteiger partial charge in [0.05, 0.1) is 11.4 Å². The first kappa shape index (κ1) is 19.2. The van der Waals surface area contributed by atoms with E-state index in [1.165, 1.54) is 17.7 Å². The Kier molecular flexibility index (Phi) is 5.46. The van der Waals surface area contributed by atoms with E-state index in [0.717, 1.165) is 35.7 Å². The molecule has 1 aliphatic rings. The van der Waals surface area contributed by atoms with Gasteiger partial charge in [0.1, 0.15) is 12.4 Å². The normalized spacial score (nSPS) is 12.8. The minimum absolute atomic E-state index is 0.327. The Balaban J connectivity index is 1.24. The van der Waals surface area contributed by atoms with Gasteiger partial charge in [-0.25, -0.2) is 9.67 Å². The molecule has 1 aliphatic carbocycles. The Labute approximate surface area is 183 Å². The first-order chi connectivity index (χ1) is 14.8. The second-order valence-corrected chi connectivity index (χ2v) is 8.45. The lowest BCUT2D eigenvalue weighted by molar-refractivity contribution is 0.296. The van der Waals surface area contributed by atoms with Crippen molar-refractivity contribution in [2.24, 2.45) is 0 Å². The van der Waals surface area contributed by atoms with Crippen LogP contribution in [0.15, 0.2) is 59.8 Å². The number of benzene rings is 2. The number of para-hydroxylation sites is 1. The van der Waals surface area contributed by atoms with Crippen LogP contribution in [0.25, 0.3) is 5.69 Å². The highest BCUT2D eigenvalue weighted by Gasteiger charge is 2.23. The molecule has 2 aromatic heterocycles. The maximum absolute atomic E-state index is 5.90. The van der Waals surface area contributed by atoms with Crippen LogP contribution in [-0.2, 0) is 25.2 Å². The van der Waals surface area contributed by atoms with Gasteiger partial charge in [-0.2, -0.15) is 5.10 Å². The van der Waals surface area contributed by atoms with Crippen LogP contribution in [0.3, 0.4) is 0 Å². The third kappa shape index (κ3) is 4.08. The predicted octanol–water partition coefficient (Wildman–Crippen LogP) is 5.00. The number of hydrogen-bond acceptors (Lipinski definition) is 5. The summed E-state index contributed by atoms with van der Waals surface area (Å²) in [6.45, 7) is 0.327. The number of ether oxygens (including phenoxy) is 1. The van der Waals surface area contributed by atoms with Crippen LogP contribution in [0.4, 0.5) is 0 Å². The first-order valence-corrected chi connectivity index (χ1v) is 11.2. The van der Waals surface area contributed by atoms with Crippen LogP contribution in [0.5, 0.6) is 5.75 Å². The largest absolute Gasteiger partial charge is 0.486 e. The summed E-state index contributed by atoms with van der Waals surface area (Å²) < 4.78 is 7.82. The zero-order valence-corrected chi connectivity index (χ0v) is 17.8. The first-order valence-electron chi connectivity index (χ1n) is 9.84. The molecule has 6 nitrogen and oxygen atoms in total. The maximum atomic E-state index is 5.90. The molecular formula is C22H20ClN5OS. The summed E-state index contributed by atoms with van der Waals surface area (Å²) in [4.78, 5) is 4.53.